The van der Waals surface area contributed by atoms with Gasteiger partial charge < -0.3 is 14.9 Å². The zero-order valence-electron chi connectivity index (χ0n) is 17.1. The van der Waals surface area contributed by atoms with Crippen LogP contribution in [0, 0.1) is 10.1 Å². The normalized spacial score (nSPS) is 18.1. The van der Waals surface area contributed by atoms with Crippen LogP contribution in [0.25, 0.3) is 5.76 Å². The summed E-state index contributed by atoms with van der Waals surface area (Å²) in [5, 5.41) is 22.2. The minimum Gasteiger partial charge on any atom is -0.507 e. The third-order valence-corrected chi connectivity index (χ3v) is 5.59. The minimum absolute atomic E-state index is 0.0716. The maximum atomic E-state index is 12.9. The Labute approximate surface area is 188 Å². The van der Waals surface area contributed by atoms with Gasteiger partial charge in [-0.25, -0.2) is 0 Å². The lowest BCUT2D eigenvalue weighted by atomic mass is 9.95. The van der Waals surface area contributed by atoms with Gasteiger partial charge in [0.05, 0.1) is 16.5 Å². The molecule has 1 fully saturated rings. The Balaban J connectivity index is 2.13. The summed E-state index contributed by atoms with van der Waals surface area (Å²) >= 11 is 3.32. The largest absolute Gasteiger partial charge is 0.507 e. The first-order chi connectivity index (χ1) is 14.7. The van der Waals surface area contributed by atoms with Crippen molar-refractivity contribution in [1.29, 1.82) is 0 Å². The lowest BCUT2D eigenvalue weighted by molar-refractivity contribution is -0.384. The van der Waals surface area contributed by atoms with Gasteiger partial charge in [0.1, 0.15) is 5.76 Å². The van der Waals surface area contributed by atoms with Gasteiger partial charge in [-0.1, -0.05) is 40.2 Å². The molecule has 0 radical (unpaired) electrons. The van der Waals surface area contributed by atoms with Gasteiger partial charge in [-0.15, -0.1) is 0 Å². The number of likely N-dealkylation sites (tertiary alicyclic amines) is 1. The van der Waals surface area contributed by atoms with Gasteiger partial charge in [0.15, 0.2) is 0 Å². The Morgan fingerprint density at radius 1 is 1.19 bits per heavy atom. The first-order valence-corrected chi connectivity index (χ1v) is 10.4. The van der Waals surface area contributed by atoms with Gasteiger partial charge in [0, 0.05) is 28.7 Å². The molecule has 1 saturated heterocycles. The number of ketones is 1. The summed E-state index contributed by atoms with van der Waals surface area (Å²) in [6.07, 6.45) is 0.601. The highest BCUT2D eigenvalue weighted by molar-refractivity contribution is 9.10. The van der Waals surface area contributed by atoms with Crippen LogP contribution in [0.3, 0.4) is 0 Å². The number of nitro benzene ring substituents is 1. The van der Waals surface area contributed by atoms with Crippen LogP contribution in [0.1, 0.15) is 23.6 Å². The summed E-state index contributed by atoms with van der Waals surface area (Å²) in [7, 11) is 3.80. The summed E-state index contributed by atoms with van der Waals surface area (Å²) in [5.41, 5.74) is 0.555. The second-order valence-corrected chi connectivity index (χ2v) is 8.42. The maximum absolute atomic E-state index is 12.9. The van der Waals surface area contributed by atoms with Crippen molar-refractivity contribution in [1.82, 2.24) is 9.80 Å². The molecule has 0 aromatic heterocycles. The van der Waals surface area contributed by atoms with Crippen molar-refractivity contribution >= 4 is 39.1 Å². The molecule has 0 spiro atoms. The van der Waals surface area contributed by atoms with Crippen LogP contribution in [0.5, 0.6) is 0 Å². The van der Waals surface area contributed by atoms with Gasteiger partial charge in [-0.2, -0.15) is 0 Å². The fourth-order valence-corrected chi connectivity index (χ4v) is 3.85. The predicted molar refractivity (Wildman–Crippen MR) is 119 cm³/mol. The molecule has 0 saturated carbocycles. The molecule has 2 aromatic carbocycles. The highest BCUT2D eigenvalue weighted by Gasteiger charge is 2.46. The zero-order chi connectivity index (χ0) is 22.7. The van der Waals surface area contributed by atoms with E-state index in [0.717, 1.165) is 4.47 Å². The van der Waals surface area contributed by atoms with Crippen molar-refractivity contribution in [2.24, 2.45) is 0 Å². The van der Waals surface area contributed by atoms with E-state index >= 15 is 0 Å². The Hall–Kier alpha value is -3.04. The number of non-ortho nitro benzene ring substituents is 1. The van der Waals surface area contributed by atoms with Gasteiger partial charge in [-0.3, -0.25) is 19.7 Å². The van der Waals surface area contributed by atoms with Gasteiger partial charge >= 0.3 is 0 Å². The van der Waals surface area contributed by atoms with Crippen molar-refractivity contribution < 1.29 is 19.6 Å². The molecule has 1 atom stereocenters. The molecule has 2 aromatic rings. The Morgan fingerprint density at radius 3 is 2.48 bits per heavy atom. The molecule has 1 N–H and O–H groups in total. The number of benzene rings is 2. The molecule has 0 bridgehead atoms. The SMILES string of the molecule is CN(C)CCCN1C(=O)C(=O)C(=C(O)c2ccc(Br)cc2)[C@@H]1c1cccc([N+](=O)[O-])c1. The van der Waals surface area contributed by atoms with Crippen LogP contribution in [-0.2, 0) is 9.59 Å². The third-order valence-electron chi connectivity index (χ3n) is 5.06. The highest BCUT2D eigenvalue weighted by atomic mass is 79.9. The molecule has 3 rings (SSSR count). The van der Waals surface area contributed by atoms with Crippen molar-refractivity contribution in [2.45, 2.75) is 12.5 Å². The molecule has 31 heavy (non-hydrogen) atoms. The average Bonchev–Trinajstić information content (AvgIpc) is 2.98. The zero-order valence-corrected chi connectivity index (χ0v) is 18.7. The molecular weight excluding hydrogens is 466 g/mol. The lowest BCUT2D eigenvalue weighted by Gasteiger charge is -2.25. The number of Topliss-reactive ketones (excluding diaryl/α,β-unsaturated/α-hetero) is 1. The Bertz CT molecular complexity index is 1050. The Morgan fingerprint density at radius 2 is 1.87 bits per heavy atom. The summed E-state index contributed by atoms with van der Waals surface area (Å²) in [6.45, 7) is 0.963. The van der Waals surface area contributed by atoms with E-state index in [1.54, 1.807) is 30.3 Å². The molecule has 1 heterocycles. The monoisotopic (exact) mass is 487 g/mol. The number of rotatable bonds is 7. The number of nitrogens with zero attached hydrogens (tertiary/aromatic N) is 3. The van der Waals surface area contributed by atoms with E-state index in [9.17, 15) is 24.8 Å². The standard InChI is InChI=1S/C22H22BrN3O5/c1-24(2)11-4-12-25-19(15-5-3-6-17(13-15)26(30)31)18(21(28)22(25)29)20(27)14-7-9-16(23)10-8-14/h3,5-10,13,19,27H,4,11-12H2,1-2H3/t19-/m0/s1. The van der Waals surface area contributed by atoms with Crippen LogP contribution < -0.4 is 0 Å². The van der Waals surface area contributed by atoms with E-state index in [4.69, 9.17) is 0 Å². The number of amides is 1. The summed E-state index contributed by atoms with van der Waals surface area (Å²) < 4.78 is 0.795. The van der Waals surface area contributed by atoms with Crippen molar-refractivity contribution in [3.8, 4) is 0 Å². The van der Waals surface area contributed by atoms with E-state index < -0.39 is 22.7 Å². The number of aliphatic hydroxyl groups excluding tert-OH is 1. The quantitative estimate of drug-likeness (QED) is 0.210. The van der Waals surface area contributed by atoms with Crippen molar-refractivity contribution in [2.75, 3.05) is 27.2 Å². The molecule has 0 aliphatic carbocycles. The summed E-state index contributed by atoms with van der Waals surface area (Å²) in [6, 6.07) is 11.6. The molecule has 1 amide bonds. The number of carbonyl (C=O) groups is 2. The van der Waals surface area contributed by atoms with Crippen LogP contribution in [-0.4, -0.2) is 58.7 Å². The van der Waals surface area contributed by atoms with Gasteiger partial charge in [0.2, 0.25) is 0 Å². The van der Waals surface area contributed by atoms with Crippen LogP contribution in [0.4, 0.5) is 5.69 Å². The number of carbonyl (C=O) groups excluding carboxylic acids is 2. The second-order valence-electron chi connectivity index (χ2n) is 7.51. The lowest BCUT2D eigenvalue weighted by Crippen LogP contribution is -2.32. The van der Waals surface area contributed by atoms with Crippen LogP contribution >= 0.6 is 15.9 Å². The molecule has 0 unspecified atom stereocenters. The average molecular weight is 488 g/mol. The van der Waals surface area contributed by atoms with E-state index in [-0.39, 0.29) is 23.6 Å². The predicted octanol–water partition coefficient (Wildman–Crippen LogP) is 3.73. The smallest absolute Gasteiger partial charge is 0.295 e. The number of nitro groups is 1. The fourth-order valence-electron chi connectivity index (χ4n) is 3.59. The van der Waals surface area contributed by atoms with E-state index in [1.807, 2.05) is 19.0 Å². The van der Waals surface area contributed by atoms with Crippen molar-refractivity contribution in [3.63, 3.8) is 0 Å². The van der Waals surface area contributed by atoms with Crippen LogP contribution in [0.2, 0.25) is 0 Å². The minimum atomic E-state index is -0.911. The summed E-state index contributed by atoms with van der Waals surface area (Å²) in [5.74, 6) is -1.84. The highest BCUT2D eigenvalue weighted by Crippen LogP contribution is 2.40. The molecule has 1 aliphatic rings. The van der Waals surface area contributed by atoms with Gasteiger partial charge in [0.25, 0.3) is 17.4 Å². The first-order valence-electron chi connectivity index (χ1n) is 9.64. The third kappa shape index (κ3) is 4.83. The molecule has 9 heteroatoms. The van der Waals surface area contributed by atoms with Crippen molar-refractivity contribution in [3.05, 3.63) is 79.8 Å². The number of hydrogen-bond donors (Lipinski definition) is 1. The van der Waals surface area contributed by atoms with E-state index in [2.05, 4.69) is 15.9 Å². The second kappa shape index (κ2) is 9.40. The number of aliphatic hydroxyl groups is 1. The number of hydrogen-bond acceptors (Lipinski definition) is 6. The fraction of sp³-hybridized carbons (Fsp3) is 0.273. The summed E-state index contributed by atoms with van der Waals surface area (Å²) in [4.78, 5) is 39.9. The molecule has 162 valence electrons. The van der Waals surface area contributed by atoms with E-state index in [0.29, 0.717) is 24.1 Å². The number of halogens is 1. The van der Waals surface area contributed by atoms with Crippen LogP contribution in [0.15, 0.2) is 58.6 Å². The maximum Gasteiger partial charge on any atom is 0.295 e. The molecule has 1 aliphatic heterocycles. The molecular formula is C22H22BrN3O5. The van der Waals surface area contributed by atoms with E-state index in [1.165, 1.54) is 23.1 Å². The topological polar surface area (TPSA) is 104 Å². The Kier molecular flexibility index (Phi) is 6.87. The first kappa shape index (κ1) is 22.6. The molecule has 8 nitrogen and oxygen atoms in total. The van der Waals surface area contributed by atoms with Gasteiger partial charge in [-0.05, 0) is 44.8 Å².